The fraction of sp³-hybridized carbons (Fsp3) is 0.714. The predicted molar refractivity (Wildman–Crippen MR) is 74.0 cm³/mol. The molecule has 0 aromatic carbocycles. The molecule has 0 fully saturated rings. The smallest absolute Gasteiger partial charge is 0.408 e. The van der Waals surface area contributed by atoms with Crippen LogP contribution in [0.5, 0.6) is 0 Å². The first-order valence-corrected chi connectivity index (χ1v) is 6.49. The number of hydrogen-bond acceptors (Lipinski definition) is 3. The third-order valence-corrected chi connectivity index (χ3v) is 2.49. The van der Waals surface area contributed by atoms with Crippen LogP contribution in [0, 0.1) is 5.92 Å². The molecule has 0 radical (unpaired) electrons. The Morgan fingerprint density at radius 2 is 2.00 bits per heavy atom. The third kappa shape index (κ3) is 9.11. The summed E-state index contributed by atoms with van der Waals surface area (Å²) in [6.45, 7) is 10.8. The molecular weight excluding hydrogens is 246 g/mol. The number of allylic oxidation sites excluding steroid dienone is 1. The molecular formula is C14H25NO4. The van der Waals surface area contributed by atoms with Crippen LogP contribution in [0.1, 0.15) is 47.0 Å². The molecule has 0 aromatic heterocycles. The van der Waals surface area contributed by atoms with Gasteiger partial charge in [0.2, 0.25) is 0 Å². The average molecular weight is 271 g/mol. The highest BCUT2D eigenvalue weighted by Crippen LogP contribution is 2.14. The van der Waals surface area contributed by atoms with E-state index in [0.29, 0.717) is 6.42 Å². The van der Waals surface area contributed by atoms with E-state index in [0.717, 1.165) is 12.8 Å². The highest BCUT2D eigenvalue weighted by Gasteiger charge is 2.25. The SMILES string of the molecule is C=CCCC(C)CC(NC(=O)OC(C)(C)C)C(=O)O. The lowest BCUT2D eigenvalue weighted by molar-refractivity contribution is -0.140. The topological polar surface area (TPSA) is 75.6 Å². The quantitative estimate of drug-likeness (QED) is 0.698. The van der Waals surface area contributed by atoms with Gasteiger partial charge < -0.3 is 15.2 Å². The van der Waals surface area contributed by atoms with Crippen molar-refractivity contribution in [2.75, 3.05) is 0 Å². The van der Waals surface area contributed by atoms with Crippen LogP contribution in [0.3, 0.4) is 0 Å². The van der Waals surface area contributed by atoms with Crippen molar-refractivity contribution < 1.29 is 19.4 Å². The number of carboxylic acids is 1. The minimum atomic E-state index is -1.05. The highest BCUT2D eigenvalue weighted by atomic mass is 16.6. The van der Waals surface area contributed by atoms with E-state index in [4.69, 9.17) is 9.84 Å². The summed E-state index contributed by atoms with van der Waals surface area (Å²) in [6.07, 6.45) is 3.16. The zero-order chi connectivity index (χ0) is 15.1. The Morgan fingerprint density at radius 1 is 1.42 bits per heavy atom. The maximum atomic E-state index is 11.6. The number of alkyl carbamates (subject to hydrolysis) is 1. The first-order valence-electron chi connectivity index (χ1n) is 6.49. The Hall–Kier alpha value is -1.52. The van der Waals surface area contributed by atoms with Crippen LogP contribution in [-0.4, -0.2) is 28.8 Å². The van der Waals surface area contributed by atoms with Gasteiger partial charge in [-0.1, -0.05) is 13.0 Å². The van der Waals surface area contributed by atoms with Gasteiger partial charge in [0, 0.05) is 0 Å². The van der Waals surface area contributed by atoms with E-state index in [2.05, 4.69) is 11.9 Å². The second-order valence-corrected chi connectivity index (χ2v) is 5.74. The molecule has 5 heteroatoms. The second-order valence-electron chi connectivity index (χ2n) is 5.74. The predicted octanol–water partition coefficient (Wildman–Crippen LogP) is 2.96. The number of nitrogens with one attached hydrogen (secondary N) is 1. The molecule has 0 aliphatic rings. The van der Waals surface area contributed by atoms with E-state index in [-0.39, 0.29) is 5.92 Å². The summed E-state index contributed by atoms with van der Waals surface area (Å²) >= 11 is 0. The lowest BCUT2D eigenvalue weighted by Gasteiger charge is -2.23. The molecule has 0 saturated heterocycles. The largest absolute Gasteiger partial charge is 0.480 e. The molecule has 19 heavy (non-hydrogen) atoms. The Labute approximate surface area is 115 Å². The molecule has 5 nitrogen and oxygen atoms in total. The number of carbonyl (C=O) groups is 2. The molecule has 0 heterocycles. The molecule has 0 aromatic rings. The Kier molecular flexibility index (Phi) is 7.19. The first-order chi connectivity index (χ1) is 8.65. The first kappa shape index (κ1) is 17.5. The van der Waals surface area contributed by atoms with Gasteiger partial charge in [0.25, 0.3) is 0 Å². The average Bonchev–Trinajstić information content (AvgIpc) is 2.22. The van der Waals surface area contributed by atoms with Crippen LogP contribution in [0.2, 0.25) is 0 Å². The number of rotatable bonds is 7. The van der Waals surface area contributed by atoms with Gasteiger partial charge in [0.15, 0.2) is 0 Å². The monoisotopic (exact) mass is 271 g/mol. The van der Waals surface area contributed by atoms with Gasteiger partial charge in [-0.2, -0.15) is 0 Å². The van der Waals surface area contributed by atoms with Crippen LogP contribution in [0.15, 0.2) is 12.7 Å². The third-order valence-electron chi connectivity index (χ3n) is 2.49. The number of carboxylic acid groups (broad SMARTS) is 1. The molecule has 1 amide bonds. The number of amides is 1. The molecule has 2 unspecified atom stereocenters. The Balaban J connectivity index is 4.37. The van der Waals surface area contributed by atoms with Gasteiger partial charge in [-0.3, -0.25) is 0 Å². The van der Waals surface area contributed by atoms with Crippen LogP contribution >= 0.6 is 0 Å². The highest BCUT2D eigenvalue weighted by molar-refractivity contribution is 5.79. The van der Waals surface area contributed by atoms with Gasteiger partial charge >= 0.3 is 12.1 Å². The lowest BCUT2D eigenvalue weighted by Crippen LogP contribution is -2.44. The van der Waals surface area contributed by atoms with Gasteiger partial charge in [0.1, 0.15) is 11.6 Å². The van der Waals surface area contributed by atoms with Crippen molar-refractivity contribution in [3.63, 3.8) is 0 Å². The second kappa shape index (κ2) is 7.81. The van der Waals surface area contributed by atoms with Crippen LogP contribution in [0.25, 0.3) is 0 Å². The van der Waals surface area contributed by atoms with E-state index in [1.165, 1.54) is 0 Å². The number of hydrogen-bond donors (Lipinski definition) is 2. The maximum Gasteiger partial charge on any atom is 0.408 e. The zero-order valence-corrected chi connectivity index (χ0v) is 12.2. The molecule has 110 valence electrons. The summed E-state index contributed by atoms with van der Waals surface area (Å²) in [6, 6.07) is -0.922. The minimum absolute atomic E-state index is 0.189. The number of ether oxygens (including phenoxy) is 1. The van der Waals surface area contributed by atoms with E-state index in [1.807, 2.05) is 6.92 Å². The lowest BCUT2D eigenvalue weighted by atomic mass is 9.97. The summed E-state index contributed by atoms with van der Waals surface area (Å²) in [5.74, 6) is -0.856. The van der Waals surface area contributed by atoms with Gasteiger partial charge in [-0.05, 0) is 46.0 Å². The summed E-state index contributed by atoms with van der Waals surface area (Å²) in [4.78, 5) is 22.7. The van der Waals surface area contributed by atoms with Crippen molar-refractivity contribution in [1.29, 1.82) is 0 Å². The van der Waals surface area contributed by atoms with Gasteiger partial charge in [-0.15, -0.1) is 6.58 Å². The number of aliphatic carboxylic acids is 1. The number of carbonyl (C=O) groups excluding carboxylic acids is 1. The summed E-state index contributed by atoms with van der Waals surface area (Å²) in [5.41, 5.74) is -0.637. The summed E-state index contributed by atoms with van der Waals surface area (Å²) in [5, 5.41) is 11.5. The van der Waals surface area contributed by atoms with Gasteiger partial charge in [0.05, 0.1) is 0 Å². The van der Waals surface area contributed by atoms with Crippen molar-refractivity contribution >= 4 is 12.1 Å². The summed E-state index contributed by atoms with van der Waals surface area (Å²) in [7, 11) is 0. The minimum Gasteiger partial charge on any atom is -0.480 e. The van der Waals surface area contributed by atoms with Crippen molar-refractivity contribution in [2.24, 2.45) is 5.92 Å². The zero-order valence-electron chi connectivity index (χ0n) is 12.2. The molecule has 0 aliphatic heterocycles. The van der Waals surface area contributed by atoms with E-state index >= 15 is 0 Å². The standard InChI is InChI=1S/C14H25NO4/c1-6-7-8-10(2)9-11(12(16)17)15-13(18)19-14(3,4)5/h6,10-11H,1,7-9H2,2-5H3,(H,15,18)(H,16,17). The molecule has 2 atom stereocenters. The van der Waals surface area contributed by atoms with Gasteiger partial charge in [-0.25, -0.2) is 9.59 Å². The fourth-order valence-electron chi connectivity index (χ4n) is 1.59. The van der Waals surface area contributed by atoms with Crippen LogP contribution in [-0.2, 0) is 9.53 Å². The van der Waals surface area contributed by atoms with E-state index in [9.17, 15) is 9.59 Å². The molecule has 0 spiro atoms. The normalized spacial score (nSPS) is 14.3. The van der Waals surface area contributed by atoms with Crippen molar-refractivity contribution in [2.45, 2.75) is 58.6 Å². The van der Waals surface area contributed by atoms with Crippen molar-refractivity contribution in [3.05, 3.63) is 12.7 Å². The van der Waals surface area contributed by atoms with Crippen molar-refractivity contribution in [1.82, 2.24) is 5.32 Å². The van der Waals surface area contributed by atoms with Crippen LogP contribution in [0.4, 0.5) is 4.79 Å². The summed E-state index contributed by atoms with van der Waals surface area (Å²) < 4.78 is 5.05. The Bertz CT molecular complexity index is 320. The molecule has 2 N–H and O–H groups in total. The van der Waals surface area contributed by atoms with Crippen molar-refractivity contribution in [3.8, 4) is 0 Å². The molecule has 0 rings (SSSR count). The van der Waals surface area contributed by atoms with E-state index < -0.39 is 23.7 Å². The Morgan fingerprint density at radius 3 is 2.42 bits per heavy atom. The van der Waals surface area contributed by atoms with Crippen LogP contribution < -0.4 is 5.32 Å². The van der Waals surface area contributed by atoms with E-state index in [1.54, 1.807) is 26.8 Å². The molecule has 0 aliphatic carbocycles. The maximum absolute atomic E-state index is 11.6. The molecule has 0 bridgehead atoms. The fourth-order valence-corrected chi connectivity index (χ4v) is 1.59. The molecule has 0 saturated carbocycles.